The maximum atomic E-state index is 11.9. The number of oxazole rings is 1. The second kappa shape index (κ2) is 4.79. The third-order valence-corrected chi connectivity index (χ3v) is 3.46. The molecule has 3 N–H and O–H groups in total. The summed E-state index contributed by atoms with van der Waals surface area (Å²) in [6.07, 6.45) is 2.62. The smallest absolute Gasteiger partial charge is 0.268 e. The van der Waals surface area contributed by atoms with E-state index in [4.69, 9.17) is 27.0 Å². The molecule has 0 unspecified atom stereocenters. The number of carbonyl (C=O) groups excluding carboxylic acids is 1. The number of halogens is 1. The largest absolute Gasteiger partial charge is 0.437 e. The average Bonchev–Trinajstić information content (AvgIpc) is 3.11. The SMILES string of the molecule is N#CC1(NC(=O)C(N)=Cc2nc3cc(Cl)ccc3o2)CC1. The van der Waals surface area contributed by atoms with Gasteiger partial charge in [-0.05, 0) is 31.0 Å². The minimum absolute atomic E-state index is 0.0609. The fraction of sp³-hybridized carbons (Fsp3) is 0.214. The molecule has 1 aromatic heterocycles. The summed E-state index contributed by atoms with van der Waals surface area (Å²) in [6, 6.07) is 7.09. The summed E-state index contributed by atoms with van der Waals surface area (Å²) in [5, 5.41) is 12.1. The molecule has 0 atom stereocenters. The topological polar surface area (TPSA) is 105 Å². The van der Waals surface area contributed by atoms with E-state index in [1.54, 1.807) is 18.2 Å². The quantitative estimate of drug-likeness (QED) is 0.843. The molecule has 1 aromatic carbocycles. The van der Waals surface area contributed by atoms with Gasteiger partial charge in [-0.1, -0.05) is 11.6 Å². The van der Waals surface area contributed by atoms with Gasteiger partial charge in [0.05, 0.1) is 6.07 Å². The maximum absolute atomic E-state index is 11.9. The number of hydrogen-bond acceptors (Lipinski definition) is 5. The predicted molar refractivity (Wildman–Crippen MR) is 76.9 cm³/mol. The van der Waals surface area contributed by atoms with Crippen molar-refractivity contribution in [1.82, 2.24) is 10.3 Å². The van der Waals surface area contributed by atoms with Gasteiger partial charge in [0.2, 0.25) is 5.89 Å². The molecule has 3 rings (SSSR count). The molecule has 0 spiro atoms. The van der Waals surface area contributed by atoms with Gasteiger partial charge in [0.15, 0.2) is 5.58 Å². The van der Waals surface area contributed by atoms with E-state index in [1.165, 1.54) is 6.08 Å². The summed E-state index contributed by atoms with van der Waals surface area (Å²) in [5.74, 6) is -0.295. The zero-order valence-corrected chi connectivity index (χ0v) is 11.6. The van der Waals surface area contributed by atoms with Crippen LogP contribution in [0.15, 0.2) is 28.3 Å². The second-order valence-corrected chi connectivity index (χ2v) is 5.35. The lowest BCUT2D eigenvalue weighted by atomic mass is 10.3. The molecule has 106 valence electrons. The van der Waals surface area contributed by atoms with Crippen molar-refractivity contribution in [2.45, 2.75) is 18.4 Å². The Morgan fingerprint density at radius 3 is 3.00 bits per heavy atom. The lowest BCUT2D eigenvalue weighted by Crippen LogP contribution is -2.38. The highest BCUT2D eigenvalue weighted by Gasteiger charge is 2.44. The summed E-state index contributed by atoms with van der Waals surface area (Å²) in [7, 11) is 0. The molecule has 6 nitrogen and oxygen atoms in total. The van der Waals surface area contributed by atoms with E-state index in [9.17, 15) is 4.79 Å². The lowest BCUT2D eigenvalue weighted by Gasteiger charge is -2.08. The predicted octanol–water partition coefficient (Wildman–Crippen LogP) is 1.95. The van der Waals surface area contributed by atoms with Gasteiger partial charge in [0, 0.05) is 11.1 Å². The third-order valence-electron chi connectivity index (χ3n) is 3.22. The van der Waals surface area contributed by atoms with E-state index in [-0.39, 0.29) is 11.6 Å². The summed E-state index contributed by atoms with van der Waals surface area (Å²) in [6.45, 7) is 0. The van der Waals surface area contributed by atoms with Crippen molar-refractivity contribution >= 4 is 34.7 Å². The van der Waals surface area contributed by atoms with Crippen molar-refractivity contribution < 1.29 is 9.21 Å². The first-order valence-electron chi connectivity index (χ1n) is 6.28. The van der Waals surface area contributed by atoms with Gasteiger partial charge in [-0.25, -0.2) is 4.98 Å². The van der Waals surface area contributed by atoms with Gasteiger partial charge in [0.25, 0.3) is 5.91 Å². The number of hydrogen-bond donors (Lipinski definition) is 2. The molecule has 0 bridgehead atoms. The third kappa shape index (κ3) is 2.69. The van der Waals surface area contributed by atoms with Gasteiger partial charge in [-0.2, -0.15) is 5.26 Å². The molecule has 7 heteroatoms. The highest BCUT2D eigenvalue weighted by Crippen LogP contribution is 2.34. The summed E-state index contributed by atoms with van der Waals surface area (Å²) >= 11 is 5.86. The van der Waals surface area contributed by atoms with Crippen LogP contribution in [0.1, 0.15) is 18.7 Å². The van der Waals surface area contributed by atoms with Gasteiger partial charge in [0.1, 0.15) is 16.8 Å². The molecule has 1 saturated carbocycles. The van der Waals surface area contributed by atoms with Gasteiger partial charge in [-0.3, -0.25) is 4.79 Å². The number of aromatic nitrogens is 1. The number of amides is 1. The van der Waals surface area contributed by atoms with Crippen molar-refractivity contribution in [1.29, 1.82) is 5.26 Å². The van der Waals surface area contributed by atoms with Crippen molar-refractivity contribution in [2.75, 3.05) is 0 Å². The van der Waals surface area contributed by atoms with Crippen LogP contribution in [0.3, 0.4) is 0 Å². The molecule has 0 saturated heterocycles. The van der Waals surface area contributed by atoms with Crippen LogP contribution in [-0.4, -0.2) is 16.4 Å². The Morgan fingerprint density at radius 1 is 1.57 bits per heavy atom. The van der Waals surface area contributed by atoms with Crippen molar-refractivity contribution in [3.05, 3.63) is 34.8 Å². The molecule has 1 fully saturated rings. The molecule has 0 aliphatic heterocycles. The zero-order chi connectivity index (χ0) is 15.0. The molecular weight excluding hydrogens is 292 g/mol. The molecule has 0 radical (unpaired) electrons. The average molecular weight is 303 g/mol. The van der Waals surface area contributed by atoms with E-state index in [0.29, 0.717) is 29.0 Å². The number of nitrogens with one attached hydrogen (secondary N) is 1. The van der Waals surface area contributed by atoms with E-state index >= 15 is 0 Å². The number of carbonyl (C=O) groups is 1. The number of fused-ring (bicyclic) bond motifs is 1. The molecule has 1 heterocycles. The fourth-order valence-electron chi connectivity index (χ4n) is 1.86. The van der Waals surface area contributed by atoms with E-state index in [0.717, 1.165) is 0 Å². The molecule has 1 aliphatic carbocycles. The summed E-state index contributed by atoms with van der Waals surface area (Å²) < 4.78 is 5.44. The van der Waals surface area contributed by atoms with Crippen LogP contribution < -0.4 is 11.1 Å². The van der Waals surface area contributed by atoms with Crippen molar-refractivity contribution in [3.8, 4) is 6.07 Å². The lowest BCUT2D eigenvalue weighted by molar-refractivity contribution is -0.118. The molecule has 1 amide bonds. The number of nitrogens with zero attached hydrogens (tertiary/aromatic N) is 2. The van der Waals surface area contributed by atoms with Crippen LogP contribution in [0.4, 0.5) is 0 Å². The normalized spacial score (nSPS) is 16.5. The Hall–Kier alpha value is -2.52. The Bertz CT molecular complexity index is 799. The van der Waals surface area contributed by atoms with Gasteiger partial charge in [-0.15, -0.1) is 0 Å². The van der Waals surface area contributed by atoms with E-state index in [2.05, 4.69) is 16.4 Å². The Labute approximate surface area is 125 Å². The highest BCUT2D eigenvalue weighted by molar-refractivity contribution is 6.31. The second-order valence-electron chi connectivity index (χ2n) is 4.91. The Balaban J connectivity index is 1.82. The van der Waals surface area contributed by atoms with Crippen LogP contribution >= 0.6 is 11.6 Å². The maximum Gasteiger partial charge on any atom is 0.268 e. The molecule has 1 aliphatic rings. The van der Waals surface area contributed by atoms with E-state index in [1.807, 2.05) is 0 Å². The van der Waals surface area contributed by atoms with Crippen molar-refractivity contribution in [3.63, 3.8) is 0 Å². The fourth-order valence-corrected chi connectivity index (χ4v) is 2.02. The first kappa shape index (κ1) is 13.5. The molecule has 2 aromatic rings. The highest BCUT2D eigenvalue weighted by atomic mass is 35.5. The number of rotatable bonds is 3. The minimum Gasteiger partial charge on any atom is -0.437 e. The Morgan fingerprint density at radius 2 is 2.33 bits per heavy atom. The van der Waals surface area contributed by atoms with Gasteiger partial charge >= 0.3 is 0 Å². The standard InChI is InChI=1S/C14H11ClN4O2/c15-8-1-2-11-10(5-8)18-12(21-11)6-9(17)13(20)19-14(7-16)3-4-14/h1-2,5-6H,3-4,17H2,(H,19,20). The van der Waals surface area contributed by atoms with Crippen LogP contribution in [0.2, 0.25) is 5.02 Å². The Kier molecular flexibility index (Phi) is 3.07. The van der Waals surface area contributed by atoms with Crippen LogP contribution in [-0.2, 0) is 4.79 Å². The number of nitrogens with two attached hydrogens (primary N) is 1. The first-order chi connectivity index (χ1) is 10.0. The minimum atomic E-state index is -0.760. The zero-order valence-electron chi connectivity index (χ0n) is 10.9. The monoisotopic (exact) mass is 302 g/mol. The van der Waals surface area contributed by atoms with E-state index < -0.39 is 11.4 Å². The van der Waals surface area contributed by atoms with Crippen LogP contribution in [0, 0.1) is 11.3 Å². The first-order valence-corrected chi connectivity index (χ1v) is 6.66. The molecule has 21 heavy (non-hydrogen) atoms. The number of benzene rings is 1. The van der Waals surface area contributed by atoms with Crippen molar-refractivity contribution in [2.24, 2.45) is 5.73 Å². The number of nitriles is 1. The summed E-state index contributed by atoms with van der Waals surface area (Å²) in [5.41, 5.74) is 6.02. The van der Waals surface area contributed by atoms with Crippen LogP contribution in [0.5, 0.6) is 0 Å². The van der Waals surface area contributed by atoms with Crippen LogP contribution in [0.25, 0.3) is 17.2 Å². The summed E-state index contributed by atoms with van der Waals surface area (Å²) in [4.78, 5) is 16.1. The molecular formula is C14H11ClN4O2. The van der Waals surface area contributed by atoms with Gasteiger partial charge < -0.3 is 15.5 Å².